The van der Waals surface area contributed by atoms with Crippen molar-refractivity contribution < 1.29 is 24.2 Å². The number of ether oxygens (including phenoxy) is 2. The summed E-state index contributed by atoms with van der Waals surface area (Å²) in [6.07, 6.45) is 0.115. The molecule has 0 saturated carbocycles. The first-order valence-corrected chi connectivity index (χ1v) is 7.38. The molecular weight excluding hydrogens is 280 g/mol. The van der Waals surface area contributed by atoms with Crippen molar-refractivity contribution in [1.82, 2.24) is 0 Å². The summed E-state index contributed by atoms with van der Waals surface area (Å²) in [4.78, 5) is 23.4. The number of hydrogen-bond acceptors (Lipinski definition) is 6. The van der Waals surface area contributed by atoms with E-state index in [9.17, 15) is 14.7 Å². The molecule has 0 unspecified atom stereocenters. The highest BCUT2D eigenvalue weighted by atomic mass is 32.2. The summed E-state index contributed by atoms with van der Waals surface area (Å²) in [6.45, 7) is 1.06. The number of ketones is 1. The molecule has 3 rings (SSSR count). The minimum absolute atomic E-state index is 0.355. The van der Waals surface area contributed by atoms with E-state index in [4.69, 9.17) is 9.47 Å². The largest absolute Gasteiger partial charge is 0.550 e. The average Bonchev–Trinajstić information content (AvgIpc) is 2.87. The van der Waals surface area contributed by atoms with E-state index >= 15 is 0 Å². The Morgan fingerprint density at radius 3 is 2.75 bits per heavy atom. The fraction of sp³-hybridized carbons (Fsp3) is 0.429. The molecule has 0 amide bonds. The third-order valence-electron chi connectivity index (χ3n) is 3.46. The lowest BCUT2D eigenvalue weighted by Gasteiger charge is -2.33. The molecule has 1 aromatic carbocycles. The number of hydrogen-bond donors (Lipinski definition) is 0. The Morgan fingerprint density at radius 1 is 1.30 bits per heavy atom. The summed E-state index contributed by atoms with van der Waals surface area (Å²) in [5, 5.41) is 10.5. The van der Waals surface area contributed by atoms with E-state index in [0.717, 1.165) is 22.6 Å². The zero-order valence-corrected chi connectivity index (χ0v) is 11.5. The van der Waals surface area contributed by atoms with E-state index in [1.54, 1.807) is 23.9 Å². The summed E-state index contributed by atoms with van der Waals surface area (Å²) in [6, 6.07) is 5.16. The second-order valence-corrected chi connectivity index (χ2v) is 5.87. The molecule has 0 N–H and O–H groups in total. The van der Waals surface area contributed by atoms with Gasteiger partial charge in [0.05, 0.1) is 19.6 Å². The molecule has 5 nitrogen and oxygen atoms in total. The number of carbonyl (C=O) groups is 2. The molecule has 0 atom stereocenters. The van der Waals surface area contributed by atoms with Crippen LogP contribution in [0.15, 0.2) is 23.1 Å². The van der Waals surface area contributed by atoms with Crippen LogP contribution in [0, 0.1) is 0 Å². The number of carboxylic acid groups (broad SMARTS) is 1. The van der Waals surface area contributed by atoms with Gasteiger partial charge in [-0.25, -0.2) is 0 Å². The van der Waals surface area contributed by atoms with Crippen molar-refractivity contribution in [2.45, 2.75) is 23.5 Å². The van der Waals surface area contributed by atoms with Crippen molar-refractivity contribution in [1.29, 1.82) is 0 Å². The Morgan fingerprint density at radius 2 is 2.05 bits per heavy atom. The molecule has 1 aromatic rings. The van der Waals surface area contributed by atoms with E-state index < -0.39 is 24.0 Å². The molecule has 1 fully saturated rings. The highest BCUT2D eigenvalue weighted by Gasteiger charge is 2.42. The smallest absolute Gasteiger partial charge is 0.196 e. The molecule has 0 radical (unpaired) electrons. The van der Waals surface area contributed by atoms with Crippen molar-refractivity contribution in [3.8, 4) is 0 Å². The molecular formula is C14H13O5S-. The van der Waals surface area contributed by atoms with Gasteiger partial charge in [0.2, 0.25) is 0 Å². The van der Waals surface area contributed by atoms with Crippen LogP contribution in [0.25, 0.3) is 0 Å². The predicted octanol–water partition coefficient (Wildman–Crippen LogP) is 0.705. The normalized spacial score (nSPS) is 19.8. The maximum Gasteiger partial charge on any atom is 0.196 e. The number of rotatable bonds is 3. The van der Waals surface area contributed by atoms with Crippen LogP contribution in [-0.4, -0.2) is 30.7 Å². The van der Waals surface area contributed by atoms with Gasteiger partial charge in [0, 0.05) is 34.2 Å². The Bertz CT molecular complexity index is 563. The lowest BCUT2D eigenvalue weighted by atomic mass is 9.97. The predicted molar refractivity (Wildman–Crippen MR) is 69.3 cm³/mol. The van der Waals surface area contributed by atoms with Gasteiger partial charge in [0.15, 0.2) is 11.6 Å². The van der Waals surface area contributed by atoms with Gasteiger partial charge < -0.3 is 19.4 Å². The SMILES string of the molecule is O=C([O-])CC(=O)c1ccc2c(c1)C1(CCS2)OCCO1. The van der Waals surface area contributed by atoms with Crippen LogP contribution in [0.1, 0.15) is 28.8 Å². The Balaban J connectivity index is 1.98. The Kier molecular flexibility index (Phi) is 3.54. The fourth-order valence-electron chi connectivity index (χ4n) is 2.54. The van der Waals surface area contributed by atoms with Gasteiger partial charge in [-0.3, -0.25) is 4.79 Å². The monoisotopic (exact) mass is 293 g/mol. The van der Waals surface area contributed by atoms with Crippen LogP contribution in [-0.2, 0) is 20.1 Å². The molecule has 0 aromatic heterocycles. The van der Waals surface area contributed by atoms with E-state index in [0.29, 0.717) is 18.8 Å². The quantitative estimate of drug-likeness (QED) is 0.603. The minimum Gasteiger partial charge on any atom is -0.550 e. The van der Waals surface area contributed by atoms with Crippen molar-refractivity contribution in [3.05, 3.63) is 29.3 Å². The van der Waals surface area contributed by atoms with Crippen LogP contribution >= 0.6 is 11.8 Å². The molecule has 1 saturated heterocycles. The van der Waals surface area contributed by atoms with Gasteiger partial charge in [-0.2, -0.15) is 0 Å². The van der Waals surface area contributed by atoms with E-state index in [2.05, 4.69) is 0 Å². The number of fused-ring (bicyclic) bond motifs is 2. The van der Waals surface area contributed by atoms with Crippen molar-refractivity contribution in [2.24, 2.45) is 0 Å². The lowest BCUT2D eigenvalue weighted by molar-refractivity contribution is -0.304. The first-order chi connectivity index (χ1) is 9.61. The third-order valence-corrected chi connectivity index (χ3v) is 4.53. The van der Waals surface area contributed by atoms with Crippen LogP contribution in [0.2, 0.25) is 0 Å². The van der Waals surface area contributed by atoms with Gasteiger partial charge >= 0.3 is 0 Å². The Hall–Kier alpha value is -1.37. The standard InChI is InChI=1S/C14H14O5S/c15-11(8-13(16)17)9-1-2-12-10(7-9)14(3-6-20-12)18-4-5-19-14/h1-2,7H,3-6,8H2,(H,16,17)/p-1. The van der Waals surface area contributed by atoms with Gasteiger partial charge in [-0.15, -0.1) is 11.8 Å². The van der Waals surface area contributed by atoms with Gasteiger partial charge in [-0.1, -0.05) is 6.07 Å². The zero-order chi connectivity index (χ0) is 14.2. The zero-order valence-electron chi connectivity index (χ0n) is 10.7. The first-order valence-electron chi connectivity index (χ1n) is 6.39. The fourth-order valence-corrected chi connectivity index (χ4v) is 3.67. The van der Waals surface area contributed by atoms with E-state index in [1.165, 1.54) is 0 Å². The number of aliphatic carboxylic acids is 1. The number of thioether (sulfide) groups is 1. The number of benzene rings is 1. The molecule has 20 heavy (non-hydrogen) atoms. The molecule has 0 aliphatic carbocycles. The lowest BCUT2D eigenvalue weighted by Crippen LogP contribution is -2.31. The number of carboxylic acids is 1. The maximum absolute atomic E-state index is 11.8. The van der Waals surface area contributed by atoms with Crippen molar-refractivity contribution in [2.75, 3.05) is 19.0 Å². The van der Waals surface area contributed by atoms with E-state index in [1.807, 2.05) is 6.07 Å². The van der Waals surface area contributed by atoms with Gasteiger partial charge in [-0.05, 0) is 12.1 Å². The molecule has 6 heteroatoms. The van der Waals surface area contributed by atoms with Crippen molar-refractivity contribution >= 4 is 23.5 Å². The average molecular weight is 293 g/mol. The van der Waals surface area contributed by atoms with E-state index in [-0.39, 0.29) is 0 Å². The van der Waals surface area contributed by atoms with Crippen molar-refractivity contribution in [3.63, 3.8) is 0 Å². The first kappa shape index (κ1) is 13.6. The summed E-state index contributed by atoms with van der Waals surface area (Å²) in [5.41, 5.74) is 1.18. The molecule has 2 heterocycles. The van der Waals surface area contributed by atoms with Gasteiger partial charge in [0.1, 0.15) is 0 Å². The molecule has 1 spiro atoms. The number of carbonyl (C=O) groups excluding carboxylic acids is 2. The highest BCUT2D eigenvalue weighted by molar-refractivity contribution is 7.99. The maximum atomic E-state index is 11.8. The van der Waals surface area contributed by atoms with Crippen LogP contribution in [0.5, 0.6) is 0 Å². The summed E-state index contributed by atoms with van der Waals surface area (Å²) in [5.74, 6) is -1.71. The summed E-state index contributed by atoms with van der Waals surface area (Å²) < 4.78 is 11.5. The highest BCUT2D eigenvalue weighted by Crippen LogP contribution is 2.45. The van der Waals surface area contributed by atoms with Crippen LogP contribution in [0.3, 0.4) is 0 Å². The molecule has 106 valence electrons. The minimum atomic E-state index is -1.37. The Labute approximate surface area is 120 Å². The third kappa shape index (κ3) is 2.34. The second-order valence-electron chi connectivity index (χ2n) is 4.73. The second kappa shape index (κ2) is 5.20. The van der Waals surface area contributed by atoms with Crippen LogP contribution in [0.4, 0.5) is 0 Å². The summed E-state index contributed by atoms with van der Waals surface area (Å²) in [7, 11) is 0. The van der Waals surface area contributed by atoms with Gasteiger partial charge in [0.25, 0.3) is 0 Å². The molecule has 2 aliphatic heterocycles. The summed E-state index contributed by atoms with van der Waals surface area (Å²) >= 11 is 1.68. The molecule has 2 aliphatic rings. The van der Waals surface area contributed by atoms with Crippen LogP contribution < -0.4 is 5.11 Å². The molecule has 0 bridgehead atoms. The topological polar surface area (TPSA) is 75.7 Å². The number of Topliss-reactive ketones (excluding diaryl/α,β-unsaturated/α-hetero) is 1.